The Morgan fingerprint density at radius 1 is 0.818 bits per heavy atom. The standard InChI is InChI=1S/C18H18Cl2N2/c1-12-8-4-6-10-15(12)21-14(3)17(18(19)20)22-16-11-7-5-9-13(16)2/h4-11,18H,1-3H3. The molecule has 0 atom stereocenters. The largest absolute Gasteiger partial charge is 0.251 e. The van der Waals surface area contributed by atoms with Crippen molar-refractivity contribution in [2.45, 2.75) is 25.6 Å². The maximum atomic E-state index is 6.10. The summed E-state index contributed by atoms with van der Waals surface area (Å²) in [5, 5.41) is 0. The molecular formula is C18H18Cl2N2. The first kappa shape index (κ1) is 16.7. The Morgan fingerprint density at radius 2 is 1.27 bits per heavy atom. The first-order chi connectivity index (χ1) is 10.5. The Morgan fingerprint density at radius 3 is 1.73 bits per heavy atom. The van der Waals surface area contributed by atoms with E-state index in [0.29, 0.717) is 11.4 Å². The van der Waals surface area contributed by atoms with Gasteiger partial charge in [0.1, 0.15) is 0 Å². The van der Waals surface area contributed by atoms with Crippen molar-refractivity contribution in [3.8, 4) is 0 Å². The van der Waals surface area contributed by atoms with E-state index in [-0.39, 0.29) is 0 Å². The topological polar surface area (TPSA) is 24.7 Å². The van der Waals surface area contributed by atoms with E-state index in [1.165, 1.54) is 0 Å². The van der Waals surface area contributed by atoms with E-state index in [0.717, 1.165) is 22.5 Å². The van der Waals surface area contributed by atoms with E-state index < -0.39 is 4.84 Å². The highest BCUT2D eigenvalue weighted by Gasteiger charge is 2.14. The summed E-state index contributed by atoms with van der Waals surface area (Å²) in [5.74, 6) is 0. The first-order valence-corrected chi connectivity index (χ1v) is 7.90. The number of halogens is 2. The van der Waals surface area contributed by atoms with Crippen molar-refractivity contribution in [2.24, 2.45) is 9.98 Å². The molecule has 0 saturated heterocycles. The number of hydrogen-bond acceptors (Lipinski definition) is 2. The SMILES string of the molecule is CC(=Nc1ccccc1C)C(=Nc1ccccc1C)C(Cl)Cl. The van der Waals surface area contributed by atoms with E-state index in [2.05, 4.69) is 9.98 Å². The normalized spacial score (nSPS) is 12.8. The summed E-state index contributed by atoms with van der Waals surface area (Å²) in [4.78, 5) is 8.50. The van der Waals surface area contributed by atoms with Crippen LogP contribution in [0.2, 0.25) is 0 Å². The van der Waals surface area contributed by atoms with Crippen molar-refractivity contribution < 1.29 is 0 Å². The molecule has 0 spiro atoms. The van der Waals surface area contributed by atoms with Gasteiger partial charge in [0.05, 0.1) is 22.8 Å². The lowest BCUT2D eigenvalue weighted by molar-refractivity contribution is 1.37. The first-order valence-electron chi connectivity index (χ1n) is 7.02. The number of alkyl halides is 2. The van der Waals surface area contributed by atoms with Crippen molar-refractivity contribution in [2.75, 3.05) is 0 Å². The van der Waals surface area contributed by atoms with Gasteiger partial charge >= 0.3 is 0 Å². The van der Waals surface area contributed by atoms with Crippen LogP contribution in [0.25, 0.3) is 0 Å². The number of rotatable bonds is 4. The Kier molecular flexibility index (Phi) is 5.76. The number of aryl methyl sites for hydroxylation is 2. The van der Waals surface area contributed by atoms with Gasteiger partial charge in [-0.3, -0.25) is 4.99 Å². The van der Waals surface area contributed by atoms with Gasteiger partial charge in [-0.05, 0) is 44.0 Å². The quantitative estimate of drug-likeness (QED) is 0.486. The molecule has 0 aliphatic carbocycles. The zero-order valence-corrected chi connectivity index (χ0v) is 14.4. The molecule has 2 nitrogen and oxygen atoms in total. The maximum Gasteiger partial charge on any atom is 0.151 e. The van der Waals surface area contributed by atoms with E-state index in [1.54, 1.807) is 0 Å². The summed E-state index contributed by atoms with van der Waals surface area (Å²) in [6.07, 6.45) is 0. The van der Waals surface area contributed by atoms with Crippen molar-refractivity contribution >= 4 is 46.0 Å². The highest BCUT2D eigenvalue weighted by Crippen LogP contribution is 2.22. The van der Waals surface area contributed by atoms with E-state index >= 15 is 0 Å². The van der Waals surface area contributed by atoms with Crippen molar-refractivity contribution in [1.29, 1.82) is 0 Å². The third kappa shape index (κ3) is 4.19. The minimum absolute atomic E-state index is 0.570. The summed E-state index contributed by atoms with van der Waals surface area (Å²) in [6.45, 7) is 5.90. The van der Waals surface area contributed by atoms with Crippen LogP contribution >= 0.6 is 23.2 Å². The van der Waals surface area contributed by atoms with E-state index in [4.69, 9.17) is 23.2 Å². The molecule has 0 heterocycles. The van der Waals surface area contributed by atoms with Gasteiger partial charge in [-0.2, -0.15) is 0 Å². The molecule has 0 unspecified atom stereocenters. The van der Waals surface area contributed by atoms with Gasteiger partial charge in [0, 0.05) is 0 Å². The van der Waals surface area contributed by atoms with Gasteiger partial charge in [-0.1, -0.05) is 59.6 Å². The van der Waals surface area contributed by atoms with Crippen LogP contribution in [0.5, 0.6) is 0 Å². The molecule has 0 N–H and O–H groups in total. The molecule has 0 aliphatic heterocycles. The predicted octanol–water partition coefficient (Wildman–Crippen LogP) is 5.97. The molecule has 0 amide bonds. The second-order valence-corrected chi connectivity index (χ2v) is 6.16. The van der Waals surface area contributed by atoms with Crippen LogP contribution in [0.15, 0.2) is 58.5 Å². The third-order valence-electron chi connectivity index (χ3n) is 3.34. The van der Waals surface area contributed by atoms with E-state index in [1.807, 2.05) is 69.3 Å². The second kappa shape index (κ2) is 7.57. The monoisotopic (exact) mass is 332 g/mol. The molecule has 4 heteroatoms. The van der Waals surface area contributed by atoms with Crippen LogP contribution in [0.3, 0.4) is 0 Å². The zero-order chi connectivity index (χ0) is 16.1. The third-order valence-corrected chi connectivity index (χ3v) is 3.75. The summed E-state index contributed by atoms with van der Waals surface area (Å²) in [5.41, 5.74) is 5.19. The summed E-state index contributed by atoms with van der Waals surface area (Å²) in [6, 6.07) is 15.8. The van der Waals surface area contributed by atoms with Crippen molar-refractivity contribution in [3.63, 3.8) is 0 Å². The molecule has 2 aromatic carbocycles. The maximum absolute atomic E-state index is 6.10. The van der Waals surface area contributed by atoms with Gasteiger partial charge in [-0.25, -0.2) is 4.99 Å². The van der Waals surface area contributed by atoms with Gasteiger partial charge < -0.3 is 0 Å². The number of nitrogens with zero attached hydrogens (tertiary/aromatic N) is 2. The molecule has 22 heavy (non-hydrogen) atoms. The Balaban J connectivity index is 2.44. The Hall–Kier alpha value is -1.64. The van der Waals surface area contributed by atoms with Crippen LogP contribution in [0, 0.1) is 13.8 Å². The average molecular weight is 333 g/mol. The Bertz CT molecular complexity index is 719. The Labute approximate surface area is 141 Å². The fourth-order valence-electron chi connectivity index (χ4n) is 2.03. The summed E-state index contributed by atoms with van der Waals surface area (Å²) < 4.78 is 0. The lowest BCUT2D eigenvalue weighted by Crippen LogP contribution is -2.18. The highest BCUT2D eigenvalue weighted by atomic mass is 35.5. The fourth-order valence-corrected chi connectivity index (χ4v) is 2.45. The second-order valence-electron chi connectivity index (χ2n) is 5.07. The van der Waals surface area contributed by atoms with Crippen LogP contribution in [-0.2, 0) is 0 Å². The van der Waals surface area contributed by atoms with Crippen molar-refractivity contribution in [3.05, 3.63) is 59.7 Å². The van der Waals surface area contributed by atoms with Gasteiger partial charge in [0.15, 0.2) is 4.84 Å². The minimum Gasteiger partial charge on any atom is -0.251 e. The molecule has 0 saturated carbocycles. The summed E-state index contributed by atoms with van der Waals surface area (Å²) in [7, 11) is 0. The number of benzene rings is 2. The van der Waals surface area contributed by atoms with Crippen molar-refractivity contribution in [1.82, 2.24) is 0 Å². The molecule has 114 valence electrons. The molecule has 0 radical (unpaired) electrons. The molecule has 0 aliphatic rings. The predicted molar refractivity (Wildman–Crippen MR) is 97.7 cm³/mol. The minimum atomic E-state index is -0.729. The molecule has 0 bridgehead atoms. The molecule has 2 rings (SSSR count). The van der Waals surface area contributed by atoms with E-state index in [9.17, 15) is 0 Å². The zero-order valence-electron chi connectivity index (χ0n) is 12.8. The molecule has 0 aromatic heterocycles. The van der Waals surface area contributed by atoms with Gasteiger partial charge in [0.2, 0.25) is 0 Å². The van der Waals surface area contributed by atoms with Crippen LogP contribution in [0.4, 0.5) is 11.4 Å². The van der Waals surface area contributed by atoms with Gasteiger partial charge in [-0.15, -0.1) is 0 Å². The average Bonchev–Trinajstić information content (AvgIpc) is 2.48. The molecule has 2 aromatic rings. The number of para-hydroxylation sites is 2. The number of aliphatic imine (C=N–C) groups is 2. The van der Waals surface area contributed by atoms with Crippen LogP contribution < -0.4 is 0 Å². The van der Waals surface area contributed by atoms with Gasteiger partial charge in [0.25, 0.3) is 0 Å². The molecular weight excluding hydrogens is 315 g/mol. The molecule has 0 fully saturated rings. The summed E-state index contributed by atoms with van der Waals surface area (Å²) >= 11 is 12.2. The van der Waals surface area contributed by atoms with Crippen LogP contribution in [-0.4, -0.2) is 16.3 Å². The lowest BCUT2D eigenvalue weighted by atomic mass is 10.2. The fraction of sp³-hybridized carbons (Fsp3) is 0.222. The highest BCUT2D eigenvalue weighted by molar-refractivity contribution is 6.65. The lowest BCUT2D eigenvalue weighted by Gasteiger charge is -2.09. The number of hydrogen-bond donors (Lipinski definition) is 0. The smallest absolute Gasteiger partial charge is 0.151 e. The van der Waals surface area contributed by atoms with Crippen LogP contribution in [0.1, 0.15) is 18.1 Å².